The standard InChI is InChI=1S/C14H10N2O2S/c17-13-12(9-11-7-4-8-19-11)15-14(18)16(13)10-5-2-1-3-6-10/h1-9H,(H,15,18)/b12-9-. The quantitative estimate of drug-likeness (QED) is 0.674. The van der Waals surface area contributed by atoms with Gasteiger partial charge in [-0.25, -0.2) is 9.69 Å². The molecule has 94 valence electrons. The van der Waals surface area contributed by atoms with Gasteiger partial charge < -0.3 is 5.32 Å². The molecule has 0 atom stereocenters. The van der Waals surface area contributed by atoms with Crippen LogP contribution in [0.2, 0.25) is 0 Å². The third kappa shape index (κ3) is 2.15. The van der Waals surface area contributed by atoms with Crippen molar-refractivity contribution in [3.8, 4) is 0 Å². The molecule has 1 aromatic heterocycles. The molecule has 1 aromatic carbocycles. The molecule has 4 nitrogen and oxygen atoms in total. The Labute approximate surface area is 114 Å². The molecule has 5 heteroatoms. The van der Waals surface area contributed by atoms with E-state index in [4.69, 9.17) is 0 Å². The van der Waals surface area contributed by atoms with Crippen LogP contribution in [0, 0.1) is 0 Å². The summed E-state index contributed by atoms with van der Waals surface area (Å²) in [7, 11) is 0. The SMILES string of the molecule is O=C1N/C(=C\c2cccs2)C(=O)N1c1ccccc1. The van der Waals surface area contributed by atoms with Crippen LogP contribution in [0.4, 0.5) is 10.5 Å². The van der Waals surface area contributed by atoms with E-state index in [-0.39, 0.29) is 5.91 Å². The maximum atomic E-state index is 12.2. The summed E-state index contributed by atoms with van der Waals surface area (Å²) < 4.78 is 0. The van der Waals surface area contributed by atoms with E-state index in [0.717, 1.165) is 9.78 Å². The molecule has 1 aliphatic rings. The fraction of sp³-hybridized carbons (Fsp3) is 0. The molecule has 0 unspecified atom stereocenters. The Morgan fingerprint density at radius 1 is 1.05 bits per heavy atom. The molecule has 1 fully saturated rings. The summed E-state index contributed by atoms with van der Waals surface area (Å²) in [4.78, 5) is 26.2. The molecular formula is C14H10N2O2S. The molecule has 0 bridgehead atoms. The number of anilines is 1. The van der Waals surface area contributed by atoms with E-state index in [2.05, 4.69) is 5.32 Å². The highest BCUT2D eigenvalue weighted by Gasteiger charge is 2.34. The summed E-state index contributed by atoms with van der Waals surface area (Å²) in [6.45, 7) is 0. The molecule has 1 saturated heterocycles. The molecule has 3 amide bonds. The molecule has 0 radical (unpaired) electrons. The Balaban J connectivity index is 1.94. The first-order valence-corrected chi connectivity index (χ1v) is 6.59. The van der Waals surface area contributed by atoms with Crippen LogP contribution in [0.5, 0.6) is 0 Å². The van der Waals surface area contributed by atoms with Crippen molar-refractivity contribution in [1.82, 2.24) is 5.32 Å². The van der Waals surface area contributed by atoms with Crippen LogP contribution in [0.3, 0.4) is 0 Å². The molecular weight excluding hydrogens is 260 g/mol. The zero-order valence-electron chi connectivity index (χ0n) is 9.87. The van der Waals surface area contributed by atoms with Gasteiger partial charge in [-0.15, -0.1) is 11.3 Å². The van der Waals surface area contributed by atoms with Crippen LogP contribution in [-0.2, 0) is 4.79 Å². The van der Waals surface area contributed by atoms with Gasteiger partial charge in [-0.3, -0.25) is 4.79 Å². The average molecular weight is 270 g/mol. The lowest BCUT2D eigenvalue weighted by Crippen LogP contribution is -2.30. The molecule has 1 aliphatic heterocycles. The molecule has 3 rings (SSSR count). The number of nitrogens with zero attached hydrogens (tertiary/aromatic N) is 1. The van der Waals surface area contributed by atoms with Crippen molar-refractivity contribution in [3.05, 3.63) is 58.4 Å². The van der Waals surface area contributed by atoms with Crippen molar-refractivity contribution >= 4 is 35.0 Å². The molecule has 0 saturated carbocycles. The summed E-state index contributed by atoms with van der Waals surface area (Å²) in [6.07, 6.45) is 1.69. The minimum Gasteiger partial charge on any atom is -0.302 e. The summed E-state index contributed by atoms with van der Waals surface area (Å²) in [6, 6.07) is 12.2. The number of carbonyl (C=O) groups is 2. The van der Waals surface area contributed by atoms with Crippen molar-refractivity contribution in [2.24, 2.45) is 0 Å². The minimum atomic E-state index is -0.418. The predicted molar refractivity (Wildman–Crippen MR) is 74.8 cm³/mol. The van der Waals surface area contributed by atoms with Gasteiger partial charge in [0.15, 0.2) is 0 Å². The Kier molecular flexibility index (Phi) is 2.89. The van der Waals surface area contributed by atoms with Gasteiger partial charge >= 0.3 is 6.03 Å². The van der Waals surface area contributed by atoms with E-state index in [1.807, 2.05) is 23.6 Å². The van der Waals surface area contributed by atoms with Crippen LogP contribution in [0.1, 0.15) is 4.88 Å². The van der Waals surface area contributed by atoms with Gasteiger partial charge in [-0.05, 0) is 29.7 Å². The Hall–Kier alpha value is -2.40. The number of thiophene rings is 1. The lowest BCUT2D eigenvalue weighted by atomic mass is 10.3. The van der Waals surface area contributed by atoms with Gasteiger partial charge in [0.25, 0.3) is 5.91 Å². The average Bonchev–Trinajstić information content (AvgIpc) is 3.01. The smallest absolute Gasteiger partial charge is 0.302 e. The maximum Gasteiger partial charge on any atom is 0.333 e. The summed E-state index contributed by atoms with van der Waals surface area (Å²) in [5.41, 5.74) is 0.871. The van der Waals surface area contributed by atoms with E-state index in [0.29, 0.717) is 11.4 Å². The number of hydrogen-bond donors (Lipinski definition) is 1. The minimum absolute atomic E-state index is 0.302. The molecule has 19 heavy (non-hydrogen) atoms. The second kappa shape index (κ2) is 4.70. The Morgan fingerprint density at radius 3 is 2.53 bits per heavy atom. The Morgan fingerprint density at radius 2 is 1.84 bits per heavy atom. The molecule has 2 aromatic rings. The van der Waals surface area contributed by atoms with Gasteiger partial charge in [0, 0.05) is 4.88 Å². The Bertz CT molecular complexity index is 647. The first kappa shape index (κ1) is 11.7. The van der Waals surface area contributed by atoms with Crippen LogP contribution >= 0.6 is 11.3 Å². The van der Waals surface area contributed by atoms with Crippen molar-refractivity contribution in [2.75, 3.05) is 4.90 Å². The zero-order chi connectivity index (χ0) is 13.2. The zero-order valence-corrected chi connectivity index (χ0v) is 10.7. The second-order valence-corrected chi connectivity index (χ2v) is 4.96. The maximum absolute atomic E-state index is 12.2. The number of urea groups is 1. The molecule has 0 spiro atoms. The van der Waals surface area contributed by atoms with Gasteiger partial charge in [-0.1, -0.05) is 24.3 Å². The van der Waals surface area contributed by atoms with E-state index in [9.17, 15) is 9.59 Å². The normalized spacial score (nSPS) is 17.1. The monoisotopic (exact) mass is 270 g/mol. The fourth-order valence-electron chi connectivity index (χ4n) is 1.86. The first-order chi connectivity index (χ1) is 9.25. The van der Waals surface area contributed by atoms with Gasteiger partial charge in [-0.2, -0.15) is 0 Å². The molecule has 1 N–H and O–H groups in total. The number of benzene rings is 1. The largest absolute Gasteiger partial charge is 0.333 e. The highest BCUT2D eigenvalue weighted by molar-refractivity contribution is 7.10. The van der Waals surface area contributed by atoms with Crippen LogP contribution < -0.4 is 10.2 Å². The van der Waals surface area contributed by atoms with Gasteiger partial charge in [0.2, 0.25) is 0 Å². The summed E-state index contributed by atoms with van der Waals surface area (Å²) in [5, 5.41) is 4.51. The number of rotatable bonds is 2. The lowest BCUT2D eigenvalue weighted by Gasteiger charge is -2.10. The van der Waals surface area contributed by atoms with Gasteiger partial charge in [0.05, 0.1) is 5.69 Å². The highest BCUT2D eigenvalue weighted by atomic mass is 32.1. The molecule has 0 aliphatic carbocycles. The topological polar surface area (TPSA) is 49.4 Å². The lowest BCUT2D eigenvalue weighted by molar-refractivity contribution is -0.113. The number of imide groups is 1. The summed E-state index contributed by atoms with van der Waals surface area (Å²) >= 11 is 1.51. The fourth-order valence-corrected chi connectivity index (χ4v) is 2.52. The van der Waals surface area contributed by atoms with Gasteiger partial charge in [0.1, 0.15) is 5.70 Å². The third-order valence-corrected chi connectivity index (χ3v) is 3.54. The van der Waals surface area contributed by atoms with Crippen molar-refractivity contribution < 1.29 is 9.59 Å². The van der Waals surface area contributed by atoms with E-state index >= 15 is 0 Å². The van der Waals surface area contributed by atoms with Crippen molar-refractivity contribution in [3.63, 3.8) is 0 Å². The number of hydrogen-bond acceptors (Lipinski definition) is 3. The number of carbonyl (C=O) groups excluding carboxylic acids is 2. The van der Waals surface area contributed by atoms with Crippen molar-refractivity contribution in [1.29, 1.82) is 0 Å². The molecule has 2 heterocycles. The van der Waals surface area contributed by atoms with E-state index in [1.165, 1.54) is 11.3 Å². The predicted octanol–water partition coefficient (Wildman–Crippen LogP) is 2.85. The van der Waals surface area contributed by atoms with Crippen molar-refractivity contribution in [2.45, 2.75) is 0 Å². The van der Waals surface area contributed by atoms with Crippen LogP contribution in [0.25, 0.3) is 6.08 Å². The first-order valence-electron chi connectivity index (χ1n) is 5.71. The number of para-hydroxylation sites is 1. The van der Waals surface area contributed by atoms with Crippen LogP contribution in [-0.4, -0.2) is 11.9 Å². The van der Waals surface area contributed by atoms with E-state index < -0.39 is 6.03 Å². The third-order valence-electron chi connectivity index (χ3n) is 2.72. The highest BCUT2D eigenvalue weighted by Crippen LogP contribution is 2.22. The summed E-state index contributed by atoms with van der Waals surface area (Å²) in [5.74, 6) is -0.329. The van der Waals surface area contributed by atoms with E-state index in [1.54, 1.807) is 30.3 Å². The number of nitrogens with one attached hydrogen (secondary N) is 1. The second-order valence-electron chi connectivity index (χ2n) is 3.98. The van der Waals surface area contributed by atoms with Crippen LogP contribution in [0.15, 0.2) is 53.5 Å². The number of amides is 3.